The fraction of sp³-hybridized carbons (Fsp3) is 0.400. The summed E-state index contributed by atoms with van der Waals surface area (Å²) in [6.45, 7) is 10.5. The average Bonchev–Trinajstić information content (AvgIpc) is 2.47. The van der Waals surface area contributed by atoms with Crippen molar-refractivity contribution < 1.29 is 10.2 Å². The molecule has 0 radical (unpaired) electrons. The third-order valence-electron chi connectivity index (χ3n) is 4.39. The van der Waals surface area contributed by atoms with Gasteiger partial charge in [-0.2, -0.15) is 0 Å². The maximum absolute atomic E-state index is 10.6. The lowest BCUT2D eigenvalue weighted by molar-refractivity contribution is 0.274. The molecule has 2 rings (SSSR count). The minimum atomic E-state index is -0.337. The second-order valence-electron chi connectivity index (χ2n) is 7.43. The summed E-state index contributed by atoms with van der Waals surface area (Å²) in [6.07, 6.45) is 0. The van der Waals surface area contributed by atoms with E-state index in [0.29, 0.717) is 5.56 Å². The predicted molar refractivity (Wildman–Crippen MR) is 91.3 cm³/mol. The topological polar surface area (TPSA) is 40.5 Å². The van der Waals surface area contributed by atoms with Crippen LogP contribution in [0.5, 0.6) is 5.75 Å². The number of phenols is 1. The van der Waals surface area contributed by atoms with E-state index in [1.165, 1.54) is 0 Å². The molecular weight excluding hydrogens is 272 g/mol. The molecule has 22 heavy (non-hydrogen) atoms. The Balaban J connectivity index is 2.68. The van der Waals surface area contributed by atoms with Crippen molar-refractivity contribution in [1.82, 2.24) is 0 Å². The summed E-state index contributed by atoms with van der Waals surface area (Å²) in [5, 5.41) is 20.2. The molecule has 0 bridgehead atoms. The van der Waals surface area contributed by atoms with Gasteiger partial charge in [-0.25, -0.2) is 0 Å². The van der Waals surface area contributed by atoms with E-state index < -0.39 is 0 Å². The maximum atomic E-state index is 10.6. The highest BCUT2D eigenvalue weighted by molar-refractivity contribution is 5.52. The van der Waals surface area contributed by atoms with Gasteiger partial charge in [-0.05, 0) is 22.6 Å². The van der Waals surface area contributed by atoms with E-state index in [0.717, 1.165) is 16.7 Å². The summed E-state index contributed by atoms with van der Waals surface area (Å²) in [7, 11) is 0. The van der Waals surface area contributed by atoms with Crippen LogP contribution in [-0.4, -0.2) is 10.2 Å². The van der Waals surface area contributed by atoms with Crippen molar-refractivity contribution in [3.05, 3.63) is 64.7 Å². The quantitative estimate of drug-likeness (QED) is 0.875. The molecule has 0 aliphatic carbocycles. The van der Waals surface area contributed by atoms with E-state index in [2.05, 4.69) is 52.8 Å². The van der Waals surface area contributed by atoms with Crippen LogP contribution in [0.25, 0.3) is 0 Å². The zero-order valence-electron chi connectivity index (χ0n) is 14.1. The van der Waals surface area contributed by atoms with E-state index in [1.54, 1.807) is 0 Å². The second-order valence-corrected chi connectivity index (χ2v) is 7.43. The summed E-state index contributed by atoms with van der Waals surface area (Å²) in [6, 6.07) is 14.1. The Kier molecular flexibility index (Phi) is 4.35. The molecule has 0 aliphatic heterocycles. The van der Waals surface area contributed by atoms with Gasteiger partial charge in [0.2, 0.25) is 0 Å². The van der Waals surface area contributed by atoms with Crippen LogP contribution in [0.15, 0.2) is 42.5 Å². The van der Waals surface area contributed by atoms with E-state index in [4.69, 9.17) is 0 Å². The summed E-state index contributed by atoms with van der Waals surface area (Å²) >= 11 is 0. The van der Waals surface area contributed by atoms with Gasteiger partial charge in [-0.3, -0.25) is 0 Å². The molecule has 2 nitrogen and oxygen atoms in total. The minimum Gasteiger partial charge on any atom is -0.507 e. The van der Waals surface area contributed by atoms with Crippen LogP contribution in [0.3, 0.4) is 0 Å². The van der Waals surface area contributed by atoms with Crippen LogP contribution in [0.4, 0.5) is 0 Å². The van der Waals surface area contributed by atoms with Gasteiger partial charge in [0.05, 0.1) is 6.61 Å². The highest BCUT2D eigenvalue weighted by Gasteiger charge is 2.29. The molecule has 0 spiro atoms. The second kappa shape index (κ2) is 5.77. The number of aliphatic hydroxyl groups is 1. The molecule has 118 valence electrons. The van der Waals surface area contributed by atoms with Crippen LogP contribution in [-0.2, 0) is 17.4 Å². The zero-order chi connectivity index (χ0) is 16.5. The van der Waals surface area contributed by atoms with Crippen LogP contribution < -0.4 is 0 Å². The molecule has 2 N–H and O–H groups in total. The molecule has 0 saturated heterocycles. The van der Waals surface area contributed by atoms with Crippen LogP contribution in [0, 0.1) is 0 Å². The lowest BCUT2D eigenvalue weighted by Crippen LogP contribution is -2.21. The van der Waals surface area contributed by atoms with Gasteiger partial charge >= 0.3 is 0 Å². The Labute approximate surface area is 133 Å². The monoisotopic (exact) mass is 298 g/mol. The molecule has 0 aromatic heterocycles. The fourth-order valence-electron chi connectivity index (χ4n) is 2.73. The van der Waals surface area contributed by atoms with E-state index in [-0.39, 0.29) is 23.2 Å². The Morgan fingerprint density at radius 1 is 0.864 bits per heavy atom. The molecule has 0 unspecified atom stereocenters. The lowest BCUT2D eigenvalue weighted by Gasteiger charge is -2.30. The highest BCUT2D eigenvalue weighted by atomic mass is 16.3. The first kappa shape index (κ1) is 16.6. The van der Waals surface area contributed by atoms with Crippen LogP contribution in [0.1, 0.15) is 56.9 Å². The highest BCUT2D eigenvalue weighted by Crippen LogP contribution is 2.41. The van der Waals surface area contributed by atoms with Gasteiger partial charge in [0.15, 0.2) is 0 Å². The number of hydrogen-bond donors (Lipinski definition) is 2. The zero-order valence-corrected chi connectivity index (χ0v) is 14.1. The van der Waals surface area contributed by atoms with Crippen LogP contribution >= 0.6 is 0 Å². The predicted octanol–water partition coefficient (Wildman–Crippen LogP) is 4.51. The largest absolute Gasteiger partial charge is 0.507 e. The summed E-state index contributed by atoms with van der Waals surface area (Å²) in [4.78, 5) is 0. The van der Waals surface area contributed by atoms with Gasteiger partial charge in [-0.1, -0.05) is 71.0 Å². The first-order valence-electron chi connectivity index (χ1n) is 7.71. The van der Waals surface area contributed by atoms with Crippen molar-refractivity contribution in [3.63, 3.8) is 0 Å². The molecule has 0 heterocycles. The van der Waals surface area contributed by atoms with E-state index in [1.807, 2.05) is 24.3 Å². The molecule has 0 aliphatic rings. The van der Waals surface area contributed by atoms with E-state index in [9.17, 15) is 10.2 Å². The Hall–Kier alpha value is -1.80. The standard InChI is InChI=1S/C20H26O2/c1-19(2,3)16-11-14(13-21)18(22)17(12-16)20(4,5)15-9-7-6-8-10-15/h6-12,21-22H,13H2,1-5H3. The van der Waals surface area contributed by atoms with Crippen molar-refractivity contribution in [3.8, 4) is 5.75 Å². The van der Waals surface area contributed by atoms with Gasteiger partial charge in [-0.15, -0.1) is 0 Å². The summed E-state index contributed by atoms with van der Waals surface area (Å²) < 4.78 is 0. The Bertz CT molecular complexity index is 649. The molecule has 0 fully saturated rings. The van der Waals surface area contributed by atoms with Crippen molar-refractivity contribution >= 4 is 0 Å². The number of aliphatic hydroxyl groups excluding tert-OH is 1. The number of benzene rings is 2. The maximum Gasteiger partial charge on any atom is 0.125 e. The Morgan fingerprint density at radius 3 is 1.95 bits per heavy atom. The Morgan fingerprint density at radius 2 is 1.45 bits per heavy atom. The third kappa shape index (κ3) is 3.02. The molecular formula is C20H26O2. The van der Waals surface area contributed by atoms with Gasteiger partial charge in [0.1, 0.15) is 5.75 Å². The fourth-order valence-corrected chi connectivity index (χ4v) is 2.73. The normalized spacial score (nSPS) is 12.5. The molecule has 0 atom stereocenters. The van der Waals surface area contributed by atoms with Crippen molar-refractivity contribution in [2.24, 2.45) is 0 Å². The smallest absolute Gasteiger partial charge is 0.125 e. The third-order valence-corrected chi connectivity index (χ3v) is 4.39. The number of aromatic hydroxyl groups is 1. The van der Waals surface area contributed by atoms with E-state index >= 15 is 0 Å². The summed E-state index contributed by atoms with van der Waals surface area (Å²) in [5.41, 5.74) is 3.32. The molecule has 2 aromatic carbocycles. The lowest BCUT2D eigenvalue weighted by atomic mass is 9.74. The number of rotatable bonds is 3. The van der Waals surface area contributed by atoms with Crippen molar-refractivity contribution in [2.75, 3.05) is 0 Å². The number of hydrogen-bond acceptors (Lipinski definition) is 2. The molecule has 2 heteroatoms. The first-order chi connectivity index (χ1) is 10.2. The summed E-state index contributed by atoms with van der Waals surface area (Å²) in [5.74, 6) is 0.198. The minimum absolute atomic E-state index is 0.0425. The van der Waals surface area contributed by atoms with Gasteiger partial charge in [0, 0.05) is 16.5 Å². The molecule has 2 aromatic rings. The van der Waals surface area contributed by atoms with Crippen LogP contribution in [0.2, 0.25) is 0 Å². The van der Waals surface area contributed by atoms with Crippen molar-refractivity contribution in [1.29, 1.82) is 0 Å². The molecule has 0 saturated carbocycles. The molecule has 0 amide bonds. The van der Waals surface area contributed by atoms with Gasteiger partial charge in [0.25, 0.3) is 0 Å². The van der Waals surface area contributed by atoms with Crippen molar-refractivity contribution in [2.45, 2.75) is 52.1 Å². The van der Waals surface area contributed by atoms with Gasteiger partial charge < -0.3 is 10.2 Å². The first-order valence-corrected chi connectivity index (χ1v) is 7.71. The SMILES string of the molecule is CC(C)(C)c1cc(CO)c(O)c(C(C)(C)c2ccccc2)c1. The average molecular weight is 298 g/mol.